The standard InChI is InChI=1S/C16H17N3O/c1-3-19(4-2)13-9-7-12(8-10-13)16-18-15-14(20-16)6-5-11-17-15/h5-11H,3-4H2,1-2H3. The SMILES string of the molecule is CCN(CC)c1ccc(-c2nc3ncccc3o2)cc1. The summed E-state index contributed by atoms with van der Waals surface area (Å²) in [5.74, 6) is 0.616. The highest BCUT2D eigenvalue weighted by molar-refractivity contribution is 5.72. The minimum atomic E-state index is 0.616. The molecular formula is C16H17N3O. The molecule has 0 radical (unpaired) electrons. The van der Waals surface area contributed by atoms with Gasteiger partial charge in [0.1, 0.15) is 0 Å². The summed E-state index contributed by atoms with van der Waals surface area (Å²) in [7, 11) is 0. The molecule has 0 fully saturated rings. The molecule has 0 spiro atoms. The molecule has 0 saturated heterocycles. The van der Waals surface area contributed by atoms with Crippen LogP contribution in [0.25, 0.3) is 22.7 Å². The summed E-state index contributed by atoms with van der Waals surface area (Å²) < 4.78 is 5.72. The van der Waals surface area contributed by atoms with Crippen molar-refractivity contribution in [3.63, 3.8) is 0 Å². The highest BCUT2D eigenvalue weighted by atomic mass is 16.3. The largest absolute Gasteiger partial charge is 0.434 e. The molecule has 0 atom stereocenters. The molecular weight excluding hydrogens is 250 g/mol. The molecule has 102 valence electrons. The van der Waals surface area contributed by atoms with E-state index in [1.165, 1.54) is 5.69 Å². The molecule has 0 aliphatic rings. The van der Waals surface area contributed by atoms with Gasteiger partial charge < -0.3 is 9.32 Å². The fraction of sp³-hybridized carbons (Fsp3) is 0.250. The van der Waals surface area contributed by atoms with Crippen LogP contribution in [0.15, 0.2) is 47.0 Å². The number of rotatable bonds is 4. The number of hydrogen-bond donors (Lipinski definition) is 0. The Morgan fingerprint density at radius 2 is 1.80 bits per heavy atom. The average molecular weight is 267 g/mol. The van der Waals surface area contributed by atoms with Gasteiger partial charge in [-0.05, 0) is 50.2 Å². The Hall–Kier alpha value is -2.36. The lowest BCUT2D eigenvalue weighted by molar-refractivity contribution is 0.619. The molecule has 0 N–H and O–H groups in total. The summed E-state index contributed by atoms with van der Waals surface area (Å²) >= 11 is 0. The summed E-state index contributed by atoms with van der Waals surface area (Å²) in [5.41, 5.74) is 3.55. The van der Waals surface area contributed by atoms with E-state index in [2.05, 4.69) is 40.8 Å². The van der Waals surface area contributed by atoms with Crippen molar-refractivity contribution in [2.24, 2.45) is 0 Å². The maximum atomic E-state index is 5.72. The Labute approximate surface area is 118 Å². The molecule has 0 aliphatic carbocycles. The van der Waals surface area contributed by atoms with Gasteiger partial charge in [-0.3, -0.25) is 0 Å². The number of pyridine rings is 1. The summed E-state index contributed by atoms with van der Waals surface area (Å²) in [5, 5.41) is 0. The van der Waals surface area contributed by atoms with Crippen molar-refractivity contribution in [3.05, 3.63) is 42.6 Å². The van der Waals surface area contributed by atoms with Crippen LogP contribution in [0.2, 0.25) is 0 Å². The number of oxazole rings is 1. The maximum absolute atomic E-state index is 5.72. The van der Waals surface area contributed by atoms with Gasteiger partial charge in [0, 0.05) is 30.5 Å². The third-order valence-electron chi connectivity index (χ3n) is 3.41. The van der Waals surface area contributed by atoms with Crippen LogP contribution >= 0.6 is 0 Å². The van der Waals surface area contributed by atoms with Crippen LogP contribution in [0.3, 0.4) is 0 Å². The van der Waals surface area contributed by atoms with Gasteiger partial charge >= 0.3 is 0 Å². The number of benzene rings is 1. The van der Waals surface area contributed by atoms with E-state index in [0.717, 1.165) is 24.2 Å². The van der Waals surface area contributed by atoms with Crippen LogP contribution < -0.4 is 4.90 Å². The van der Waals surface area contributed by atoms with Crippen LogP contribution in [0.4, 0.5) is 5.69 Å². The summed E-state index contributed by atoms with van der Waals surface area (Å²) in [4.78, 5) is 10.9. The minimum Gasteiger partial charge on any atom is -0.434 e. The van der Waals surface area contributed by atoms with Gasteiger partial charge in [-0.25, -0.2) is 4.98 Å². The first-order chi connectivity index (χ1) is 9.81. The average Bonchev–Trinajstić information content (AvgIpc) is 2.93. The fourth-order valence-corrected chi connectivity index (χ4v) is 2.30. The molecule has 4 nitrogen and oxygen atoms in total. The van der Waals surface area contributed by atoms with Gasteiger partial charge in [-0.15, -0.1) is 0 Å². The van der Waals surface area contributed by atoms with Crippen molar-refractivity contribution in [2.75, 3.05) is 18.0 Å². The molecule has 0 amide bonds. The van der Waals surface area contributed by atoms with Crippen LogP contribution in [-0.4, -0.2) is 23.1 Å². The number of aromatic nitrogens is 2. The van der Waals surface area contributed by atoms with E-state index in [1.807, 2.05) is 24.3 Å². The molecule has 2 aromatic heterocycles. The third-order valence-corrected chi connectivity index (χ3v) is 3.41. The maximum Gasteiger partial charge on any atom is 0.228 e. The Morgan fingerprint density at radius 3 is 2.45 bits per heavy atom. The summed E-state index contributed by atoms with van der Waals surface area (Å²) in [6, 6.07) is 12.0. The summed E-state index contributed by atoms with van der Waals surface area (Å²) in [6.07, 6.45) is 1.72. The van der Waals surface area contributed by atoms with Crippen molar-refractivity contribution in [3.8, 4) is 11.5 Å². The molecule has 2 heterocycles. The van der Waals surface area contributed by atoms with Crippen LogP contribution in [0, 0.1) is 0 Å². The Kier molecular flexibility index (Phi) is 3.37. The molecule has 1 aromatic carbocycles. The van der Waals surface area contributed by atoms with Crippen molar-refractivity contribution in [1.82, 2.24) is 9.97 Å². The first kappa shape index (κ1) is 12.7. The monoisotopic (exact) mass is 267 g/mol. The first-order valence-corrected chi connectivity index (χ1v) is 6.88. The lowest BCUT2D eigenvalue weighted by Gasteiger charge is -2.20. The highest BCUT2D eigenvalue weighted by Gasteiger charge is 2.09. The second-order valence-electron chi connectivity index (χ2n) is 4.56. The normalized spacial score (nSPS) is 10.9. The number of anilines is 1. The molecule has 3 rings (SSSR count). The Morgan fingerprint density at radius 1 is 1.05 bits per heavy atom. The van der Waals surface area contributed by atoms with Gasteiger partial charge in [0.25, 0.3) is 0 Å². The van der Waals surface area contributed by atoms with Gasteiger partial charge in [0.05, 0.1) is 0 Å². The zero-order valence-corrected chi connectivity index (χ0v) is 11.7. The topological polar surface area (TPSA) is 42.2 Å². The highest BCUT2D eigenvalue weighted by Crippen LogP contribution is 2.25. The van der Waals surface area contributed by atoms with Crippen molar-refractivity contribution >= 4 is 16.9 Å². The van der Waals surface area contributed by atoms with E-state index < -0.39 is 0 Å². The van der Waals surface area contributed by atoms with Crippen molar-refractivity contribution in [1.29, 1.82) is 0 Å². The van der Waals surface area contributed by atoms with Crippen molar-refractivity contribution in [2.45, 2.75) is 13.8 Å². The van der Waals surface area contributed by atoms with E-state index >= 15 is 0 Å². The van der Waals surface area contributed by atoms with E-state index in [4.69, 9.17) is 4.42 Å². The predicted molar refractivity (Wildman–Crippen MR) is 80.8 cm³/mol. The molecule has 20 heavy (non-hydrogen) atoms. The van der Waals surface area contributed by atoms with Crippen molar-refractivity contribution < 1.29 is 4.42 Å². The van der Waals surface area contributed by atoms with Crippen LogP contribution in [0.1, 0.15) is 13.8 Å². The van der Waals surface area contributed by atoms with Gasteiger partial charge in [-0.1, -0.05) is 0 Å². The lowest BCUT2D eigenvalue weighted by atomic mass is 10.2. The van der Waals surface area contributed by atoms with Crippen LogP contribution in [0.5, 0.6) is 0 Å². The fourth-order valence-electron chi connectivity index (χ4n) is 2.30. The van der Waals surface area contributed by atoms with E-state index in [-0.39, 0.29) is 0 Å². The molecule has 0 aliphatic heterocycles. The zero-order valence-electron chi connectivity index (χ0n) is 11.7. The van der Waals surface area contributed by atoms with Gasteiger partial charge in [0.15, 0.2) is 11.2 Å². The molecule has 0 saturated carbocycles. The minimum absolute atomic E-state index is 0.616. The second kappa shape index (κ2) is 5.33. The van der Waals surface area contributed by atoms with E-state index in [0.29, 0.717) is 11.5 Å². The van der Waals surface area contributed by atoms with E-state index in [9.17, 15) is 0 Å². The molecule has 0 unspecified atom stereocenters. The molecule has 0 bridgehead atoms. The first-order valence-electron chi connectivity index (χ1n) is 6.88. The third kappa shape index (κ3) is 2.25. The molecule has 3 aromatic rings. The van der Waals surface area contributed by atoms with Crippen LogP contribution in [-0.2, 0) is 0 Å². The Balaban J connectivity index is 1.94. The quantitative estimate of drug-likeness (QED) is 0.722. The zero-order chi connectivity index (χ0) is 13.9. The summed E-state index contributed by atoms with van der Waals surface area (Å²) in [6.45, 7) is 6.32. The molecule has 4 heteroatoms. The lowest BCUT2D eigenvalue weighted by Crippen LogP contribution is -2.21. The van der Waals surface area contributed by atoms with Gasteiger partial charge in [-0.2, -0.15) is 4.98 Å². The van der Waals surface area contributed by atoms with Gasteiger partial charge in [0.2, 0.25) is 5.89 Å². The second-order valence-corrected chi connectivity index (χ2v) is 4.56. The number of nitrogens with zero attached hydrogens (tertiary/aromatic N) is 3. The van der Waals surface area contributed by atoms with E-state index in [1.54, 1.807) is 6.20 Å². The predicted octanol–water partition coefficient (Wildman–Crippen LogP) is 3.74. The number of hydrogen-bond acceptors (Lipinski definition) is 4. The smallest absolute Gasteiger partial charge is 0.228 e. The Bertz CT molecular complexity index is 666. The number of fused-ring (bicyclic) bond motifs is 1.